The Hall–Kier alpha value is -2.34. The molecule has 1 aromatic heterocycles. The van der Waals surface area contributed by atoms with Crippen molar-refractivity contribution >= 4 is 11.5 Å². The Morgan fingerprint density at radius 1 is 1.14 bits per heavy atom. The van der Waals surface area contributed by atoms with Crippen LogP contribution in [0.15, 0.2) is 24.3 Å². The zero-order valence-electron chi connectivity index (χ0n) is 12.9. The molecule has 0 unspecified atom stereocenters. The number of ether oxygens (including phenoxy) is 2. The average Bonchev–Trinajstić information content (AvgIpc) is 2.57. The largest absolute Gasteiger partial charge is 0.497 e. The second kappa shape index (κ2) is 6.19. The SMILES string of the molecule is COc1ccc(-c2nc(C)nc(N3CCOCC3)c2N)cc1. The van der Waals surface area contributed by atoms with Crippen LogP contribution in [0.5, 0.6) is 5.75 Å². The summed E-state index contributed by atoms with van der Waals surface area (Å²) in [6.07, 6.45) is 0. The summed E-state index contributed by atoms with van der Waals surface area (Å²) < 4.78 is 10.6. The van der Waals surface area contributed by atoms with E-state index in [4.69, 9.17) is 15.2 Å². The molecular formula is C16H20N4O2. The number of morpholine rings is 1. The Morgan fingerprint density at radius 2 is 1.82 bits per heavy atom. The number of aryl methyl sites for hydroxylation is 1. The summed E-state index contributed by atoms with van der Waals surface area (Å²) in [4.78, 5) is 11.2. The van der Waals surface area contributed by atoms with E-state index in [1.165, 1.54) is 0 Å². The average molecular weight is 300 g/mol. The third-order valence-corrected chi connectivity index (χ3v) is 3.71. The van der Waals surface area contributed by atoms with Gasteiger partial charge in [0.05, 0.1) is 26.0 Å². The van der Waals surface area contributed by atoms with Crippen molar-refractivity contribution in [2.24, 2.45) is 0 Å². The fourth-order valence-corrected chi connectivity index (χ4v) is 2.55. The fourth-order valence-electron chi connectivity index (χ4n) is 2.55. The van der Waals surface area contributed by atoms with Crippen LogP contribution in [0.2, 0.25) is 0 Å². The van der Waals surface area contributed by atoms with E-state index in [1.807, 2.05) is 31.2 Å². The van der Waals surface area contributed by atoms with Crippen LogP contribution >= 0.6 is 0 Å². The third-order valence-electron chi connectivity index (χ3n) is 3.71. The number of aromatic nitrogens is 2. The molecule has 6 nitrogen and oxygen atoms in total. The van der Waals surface area contributed by atoms with Crippen molar-refractivity contribution in [3.8, 4) is 17.0 Å². The van der Waals surface area contributed by atoms with E-state index in [-0.39, 0.29) is 0 Å². The molecule has 2 N–H and O–H groups in total. The molecule has 116 valence electrons. The van der Waals surface area contributed by atoms with E-state index in [1.54, 1.807) is 7.11 Å². The molecule has 0 amide bonds. The number of nitrogens with zero attached hydrogens (tertiary/aromatic N) is 3. The van der Waals surface area contributed by atoms with Crippen molar-refractivity contribution in [2.75, 3.05) is 44.0 Å². The standard InChI is InChI=1S/C16H20N4O2/c1-11-18-15(12-3-5-13(21-2)6-4-12)14(17)16(19-11)20-7-9-22-10-8-20/h3-6H,7-10,17H2,1-2H3. The molecule has 2 aromatic rings. The van der Waals surface area contributed by atoms with E-state index >= 15 is 0 Å². The van der Waals surface area contributed by atoms with Crippen molar-refractivity contribution in [1.82, 2.24) is 9.97 Å². The van der Waals surface area contributed by atoms with Gasteiger partial charge in [0.15, 0.2) is 5.82 Å². The van der Waals surface area contributed by atoms with Gasteiger partial charge in [0.2, 0.25) is 0 Å². The number of rotatable bonds is 3. The molecule has 0 saturated carbocycles. The Bertz CT molecular complexity index is 652. The van der Waals surface area contributed by atoms with Gasteiger partial charge in [0.25, 0.3) is 0 Å². The molecule has 0 aliphatic carbocycles. The first-order valence-electron chi connectivity index (χ1n) is 7.30. The lowest BCUT2D eigenvalue weighted by molar-refractivity contribution is 0.122. The molecule has 3 rings (SSSR count). The summed E-state index contributed by atoms with van der Waals surface area (Å²) in [7, 11) is 1.65. The molecular weight excluding hydrogens is 280 g/mol. The smallest absolute Gasteiger partial charge is 0.156 e. The van der Waals surface area contributed by atoms with E-state index in [0.717, 1.165) is 35.9 Å². The molecule has 0 radical (unpaired) electrons. The minimum Gasteiger partial charge on any atom is -0.497 e. The maximum absolute atomic E-state index is 6.35. The first kappa shape index (κ1) is 14.6. The van der Waals surface area contributed by atoms with Crippen LogP contribution in [-0.4, -0.2) is 43.4 Å². The lowest BCUT2D eigenvalue weighted by Crippen LogP contribution is -2.37. The van der Waals surface area contributed by atoms with Gasteiger partial charge in [-0.1, -0.05) is 0 Å². The normalized spacial score (nSPS) is 14.9. The van der Waals surface area contributed by atoms with Gasteiger partial charge in [-0.15, -0.1) is 0 Å². The summed E-state index contributed by atoms with van der Waals surface area (Å²) in [5, 5.41) is 0. The fraction of sp³-hybridized carbons (Fsp3) is 0.375. The molecule has 0 bridgehead atoms. The van der Waals surface area contributed by atoms with Crippen LogP contribution in [-0.2, 0) is 4.74 Å². The molecule has 0 atom stereocenters. The number of methoxy groups -OCH3 is 1. The Morgan fingerprint density at radius 3 is 2.45 bits per heavy atom. The first-order chi connectivity index (χ1) is 10.7. The summed E-state index contributed by atoms with van der Waals surface area (Å²) in [5.41, 5.74) is 8.67. The molecule has 0 spiro atoms. The minimum absolute atomic E-state index is 0.609. The predicted octanol–water partition coefficient (Wildman–Crippen LogP) is 1.88. The topological polar surface area (TPSA) is 73.5 Å². The van der Waals surface area contributed by atoms with E-state index in [0.29, 0.717) is 24.7 Å². The minimum atomic E-state index is 0.609. The number of nitrogens with two attached hydrogens (primary N) is 1. The lowest BCUT2D eigenvalue weighted by atomic mass is 10.1. The van der Waals surface area contributed by atoms with Gasteiger partial charge < -0.3 is 20.1 Å². The van der Waals surface area contributed by atoms with E-state index < -0.39 is 0 Å². The van der Waals surface area contributed by atoms with Gasteiger partial charge in [-0.25, -0.2) is 9.97 Å². The van der Waals surface area contributed by atoms with Crippen molar-refractivity contribution in [3.05, 3.63) is 30.1 Å². The third kappa shape index (κ3) is 2.82. The Kier molecular flexibility index (Phi) is 4.11. The zero-order valence-corrected chi connectivity index (χ0v) is 12.9. The van der Waals surface area contributed by atoms with Crippen molar-refractivity contribution < 1.29 is 9.47 Å². The number of hydrogen-bond acceptors (Lipinski definition) is 6. The summed E-state index contributed by atoms with van der Waals surface area (Å²) >= 11 is 0. The first-order valence-corrected chi connectivity index (χ1v) is 7.30. The van der Waals surface area contributed by atoms with Crippen LogP contribution in [0, 0.1) is 6.92 Å². The van der Waals surface area contributed by atoms with Gasteiger partial charge in [-0.05, 0) is 31.2 Å². The van der Waals surface area contributed by atoms with E-state index in [9.17, 15) is 0 Å². The molecule has 1 fully saturated rings. The van der Waals surface area contributed by atoms with Crippen molar-refractivity contribution in [3.63, 3.8) is 0 Å². The molecule has 22 heavy (non-hydrogen) atoms. The highest BCUT2D eigenvalue weighted by atomic mass is 16.5. The van der Waals surface area contributed by atoms with Gasteiger partial charge in [0.1, 0.15) is 17.3 Å². The molecule has 1 saturated heterocycles. The second-order valence-electron chi connectivity index (χ2n) is 5.18. The molecule has 6 heteroatoms. The van der Waals surface area contributed by atoms with Crippen LogP contribution < -0.4 is 15.4 Å². The molecule has 1 aliphatic rings. The Balaban J connectivity index is 2.01. The number of benzene rings is 1. The lowest BCUT2D eigenvalue weighted by Gasteiger charge is -2.29. The van der Waals surface area contributed by atoms with Gasteiger partial charge >= 0.3 is 0 Å². The number of hydrogen-bond donors (Lipinski definition) is 1. The predicted molar refractivity (Wildman–Crippen MR) is 86.2 cm³/mol. The number of nitrogen functional groups attached to an aromatic ring is 1. The van der Waals surface area contributed by atoms with Crippen LogP contribution in [0.4, 0.5) is 11.5 Å². The highest BCUT2D eigenvalue weighted by Crippen LogP contribution is 2.32. The molecule has 1 aliphatic heterocycles. The van der Waals surface area contributed by atoms with E-state index in [2.05, 4.69) is 14.9 Å². The Labute approximate surface area is 129 Å². The summed E-state index contributed by atoms with van der Waals surface area (Å²) in [5.74, 6) is 2.31. The van der Waals surface area contributed by atoms with Crippen molar-refractivity contribution in [1.29, 1.82) is 0 Å². The highest BCUT2D eigenvalue weighted by molar-refractivity contribution is 5.81. The summed E-state index contributed by atoms with van der Waals surface area (Å²) in [6.45, 7) is 4.86. The van der Waals surface area contributed by atoms with Crippen LogP contribution in [0.1, 0.15) is 5.82 Å². The van der Waals surface area contributed by atoms with Crippen molar-refractivity contribution in [2.45, 2.75) is 6.92 Å². The quantitative estimate of drug-likeness (QED) is 0.933. The maximum atomic E-state index is 6.35. The monoisotopic (exact) mass is 300 g/mol. The van der Waals surface area contributed by atoms with Gasteiger partial charge in [0, 0.05) is 18.7 Å². The molecule has 1 aromatic carbocycles. The highest BCUT2D eigenvalue weighted by Gasteiger charge is 2.19. The summed E-state index contributed by atoms with van der Waals surface area (Å²) in [6, 6.07) is 7.72. The van der Waals surface area contributed by atoms with Gasteiger partial charge in [-0.2, -0.15) is 0 Å². The number of anilines is 2. The maximum Gasteiger partial charge on any atom is 0.156 e. The van der Waals surface area contributed by atoms with Crippen LogP contribution in [0.25, 0.3) is 11.3 Å². The zero-order chi connectivity index (χ0) is 15.5. The van der Waals surface area contributed by atoms with Crippen LogP contribution in [0.3, 0.4) is 0 Å². The molecule has 2 heterocycles. The second-order valence-corrected chi connectivity index (χ2v) is 5.18. The van der Waals surface area contributed by atoms with Gasteiger partial charge in [-0.3, -0.25) is 0 Å².